The summed E-state index contributed by atoms with van der Waals surface area (Å²) in [5, 5.41) is 4.25. The molecule has 18 heavy (non-hydrogen) atoms. The molecule has 0 bridgehead atoms. The lowest BCUT2D eigenvalue weighted by atomic mass is 9.86. The van der Waals surface area contributed by atoms with Crippen LogP contribution in [0.3, 0.4) is 0 Å². The largest absolute Gasteiger partial charge is 0.382 e. The molecule has 0 saturated heterocycles. The van der Waals surface area contributed by atoms with Crippen LogP contribution in [0.5, 0.6) is 0 Å². The molecule has 3 heteroatoms. The van der Waals surface area contributed by atoms with Gasteiger partial charge in [0.1, 0.15) is 0 Å². The minimum absolute atomic E-state index is 0.175. The maximum Gasteiger partial charge on any atom is 0.153 e. The van der Waals surface area contributed by atoms with Crippen molar-refractivity contribution in [3.8, 4) is 11.1 Å². The Hall–Kier alpha value is -1.77. The van der Waals surface area contributed by atoms with Crippen LogP contribution >= 0.6 is 0 Å². The highest BCUT2D eigenvalue weighted by Gasteiger charge is 2.15. The average Bonchev–Trinajstić information content (AvgIpc) is 2.52. The molecule has 0 radical (unpaired) electrons. The molecule has 0 spiro atoms. The first kappa shape index (κ1) is 12.7. The molecule has 0 saturated carbocycles. The highest BCUT2D eigenvalue weighted by atomic mass is 15.3. The zero-order chi connectivity index (χ0) is 13.5. The zero-order valence-electron chi connectivity index (χ0n) is 11.8. The molecule has 0 atom stereocenters. The van der Waals surface area contributed by atoms with Crippen molar-refractivity contribution in [2.45, 2.75) is 33.1 Å². The molecule has 1 aromatic heterocycles. The molecular weight excluding hydrogens is 222 g/mol. The number of nitrogen functional groups attached to an aromatic ring is 1. The quantitative estimate of drug-likeness (QED) is 0.835. The topological polar surface area (TPSA) is 43.8 Å². The fourth-order valence-corrected chi connectivity index (χ4v) is 2.13. The van der Waals surface area contributed by atoms with Crippen molar-refractivity contribution in [2.24, 2.45) is 7.05 Å². The number of nitrogens with zero attached hydrogens (tertiary/aromatic N) is 2. The Kier molecular flexibility index (Phi) is 2.93. The van der Waals surface area contributed by atoms with E-state index >= 15 is 0 Å². The van der Waals surface area contributed by atoms with Crippen LogP contribution in [0, 0.1) is 6.92 Å². The van der Waals surface area contributed by atoms with Gasteiger partial charge >= 0.3 is 0 Å². The number of anilines is 1. The van der Waals surface area contributed by atoms with Crippen LogP contribution in [-0.2, 0) is 12.5 Å². The van der Waals surface area contributed by atoms with Crippen LogP contribution in [0.1, 0.15) is 32.0 Å². The van der Waals surface area contributed by atoms with Crippen LogP contribution in [-0.4, -0.2) is 9.78 Å². The lowest BCUT2D eigenvalue weighted by Gasteiger charge is -2.19. The fraction of sp³-hybridized carbons (Fsp3) is 0.400. The number of aromatic nitrogens is 2. The van der Waals surface area contributed by atoms with Gasteiger partial charge in [0, 0.05) is 18.3 Å². The van der Waals surface area contributed by atoms with Gasteiger partial charge in [-0.05, 0) is 23.5 Å². The van der Waals surface area contributed by atoms with Crippen LogP contribution in [0.2, 0.25) is 0 Å². The fourth-order valence-electron chi connectivity index (χ4n) is 2.13. The smallest absolute Gasteiger partial charge is 0.153 e. The van der Waals surface area contributed by atoms with Gasteiger partial charge in [0.2, 0.25) is 0 Å². The minimum Gasteiger partial charge on any atom is -0.382 e. The SMILES string of the molecule is Cc1c(-c2ccc(C(C)(C)C)cc2)c(N)nn1C. The van der Waals surface area contributed by atoms with E-state index in [-0.39, 0.29) is 5.41 Å². The molecular formula is C15H21N3. The Morgan fingerprint density at radius 1 is 1.11 bits per heavy atom. The molecule has 1 aromatic carbocycles. The van der Waals surface area contributed by atoms with Gasteiger partial charge < -0.3 is 5.73 Å². The summed E-state index contributed by atoms with van der Waals surface area (Å²) in [4.78, 5) is 0. The van der Waals surface area contributed by atoms with E-state index in [1.54, 1.807) is 0 Å². The third kappa shape index (κ3) is 2.13. The molecule has 0 amide bonds. The second-order valence-corrected chi connectivity index (χ2v) is 5.80. The van der Waals surface area contributed by atoms with Crippen molar-refractivity contribution >= 4 is 5.82 Å². The number of benzene rings is 1. The van der Waals surface area contributed by atoms with E-state index in [2.05, 4.69) is 50.1 Å². The summed E-state index contributed by atoms with van der Waals surface area (Å²) >= 11 is 0. The minimum atomic E-state index is 0.175. The van der Waals surface area contributed by atoms with E-state index in [1.165, 1.54) is 5.56 Å². The first-order valence-corrected chi connectivity index (χ1v) is 6.20. The third-order valence-corrected chi connectivity index (χ3v) is 3.40. The summed E-state index contributed by atoms with van der Waals surface area (Å²) in [6.07, 6.45) is 0. The molecule has 0 aliphatic carbocycles. The molecule has 3 nitrogen and oxygen atoms in total. The van der Waals surface area contributed by atoms with E-state index in [1.807, 2.05) is 18.7 Å². The Labute approximate surface area is 109 Å². The Morgan fingerprint density at radius 3 is 2.06 bits per heavy atom. The lowest BCUT2D eigenvalue weighted by molar-refractivity contribution is 0.590. The molecule has 0 aliphatic heterocycles. The summed E-state index contributed by atoms with van der Waals surface area (Å²) < 4.78 is 1.82. The van der Waals surface area contributed by atoms with Crippen LogP contribution in [0.15, 0.2) is 24.3 Å². The number of hydrogen-bond donors (Lipinski definition) is 1. The molecule has 0 unspecified atom stereocenters. The predicted octanol–water partition coefficient (Wildman–Crippen LogP) is 3.28. The number of rotatable bonds is 1. The van der Waals surface area contributed by atoms with E-state index in [9.17, 15) is 0 Å². The highest BCUT2D eigenvalue weighted by molar-refractivity contribution is 5.76. The maximum absolute atomic E-state index is 5.97. The van der Waals surface area contributed by atoms with Crippen molar-refractivity contribution in [3.63, 3.8) is 0 Å². The summed E-state index contributed by atoms with van der Waals surface area (Å²) in [5.41, 5.74) is 10.7. The standard InChI is InChI=1S/C15H21N3/c1-10-13(14(16)17-18(10)5)11-6-8-12(9-7-11)15(2,3)4/h6-9H,1-5H3,(H2,16,17). The molecule has 0 fully saturated rings. The number of nitrogens with two attached hydrogens (primary N) is 1. The maximum atomic E-state index is 5.97. The zero-order valence-corrected chi connectivity index (χ0v) is 11.8. The van der Waals surface area contributed by atoms with Gasteiger partial charge in [-0.15, -0.1) is 0 Å². The van der Waals surface area contributed by atoms with Crippen molar-refractivity contribution < 1.29 is 0 Å². The number of aryl methyl sites for hydroxylation is 1. The van der Waals surface area contributed by atoms with E-state index in [0.717, 1.165) is 16.8 Å². The van der Waals surface area contributed by atoms with Gasteiger partial charge in [-0.1, -0.05) is 45.0 Å². The highest BCUT2D eigenvalue weighted by Crippen LogP contribution is 2.30. The van der Waals surface area contributed by atoms with Crippen molar-refractivity contribution in [2.75, 3.05) is 5.73 Å². The molecule has 96 valence electrons. The van der Waals surface area contributed by atoms with Crippen LogP contribution in [0.25, 0.3) is 11.1 Å². The van der Waals surface area contributed by atoms with E-state index < -0.39 is 0 Å². The molecule has 2 N–H and O–H groups in total. The van der Waals surface area contributed by atoms with Gasteiger partial charge in [-0.25, -0.2) is 0 Å². The Balaban J connectivity index is 2.47. The summed E-state index contributed by atoms with van der Waals surface area (Å²) in [6.45, 7) is 8.68. The molecule has 1 heterocycles. The van der Waals surface area contributed by atoms with E-state index in [4.69, 9.17) is 5.73 Å². The van der Waals surface area contributed by atoms with Gasteiger partial charge in [0.15, 0.2) is 5.82 Å². The van der Waals surface area contributed by atoms with E-state index in [0.29, 0.717) is 5.82 Å². The lowest BCUT2D eigenvalue weighted by Crippen LogP contribution is -2.10. The number of hydrogen-bond acceptors (Lipinski definition) is 2. The Bertz CT molecular complexity index is 557. The monoisotopic (exact) mass is 243 g/mol. The van der Waals surface area contributed by atoms with Crippen LogP contribution < -0.4 is 5.73 Å². The molecule has 2 rings (SSSR count). The van der Waals surface area contributed by atoms with Gasteiger partial charge in [0.25, 0.3) is 0 Å². The normalized spacial score (nSPS) is 11.8. The average molecular weight is 243 g/mol. The second-order valence-electron chi connectivity index (χ2n) is 5.80. The van der Waals surface area contributed by atoms with Gasteiger partial charge in [-0.2, -0.15) is 5.10 Å². The first-order valence-electron chi connectivity index (χ1n) is 6.20. The van der Waals surface area contributed by atoms with Crippen molar-refractivity contribution in [3.05, 3.63) is 35.5 Å². The molecule has 2 aromatic rings. The summed E-state index contributed by atoms with van der Waals surface area (Å²) in [5.74, 6) is 0.596. The summed E-state index contributed by atoms with van der Waals surface area (Å²) in [7, 11) is 1.92. The van der Waals surface area contributed by atoms with Gasteiger partial charge in [0.05, 0.1) is 0 Å². The van der Waals surface area contributed by atoms with Crippen molar-refractivity contribution in [1.82, 2.24) is 9.78 Å². The first-order chi connectivity index (χ1) is 8.30. The predicted molar refractivity (Wildman–Crippen MR) is 76.5 cm³/mol. The van der Waals surface area contributed by atoms with Gasteiger partial charge in [-0.3, -0.25) is 4.68 Å². The summed E-state index contributed by atoms with van der Waals surface area (Å²) in [6, 6.07) is 8.59. The molecule has 0 aliphatic rings. The second kappa shape index (κ2) is 4.16. The third-order valence-electron chi connectivity index (χ3n) is 3.40. The van der Waals surface area contributed by atoms with Crippen LogP contribution in [0.4, 0.5) is 5.82 Å². The van der Waals surface area contributed by atoms with Crippen molar-refractivity contribution in [1.29, 1.82) is 0 Å². The Morgan fingerprint density at radius 2 is 1.67 bits per heavy atom.